The molecule has 22 heavy (non-hydrogen) atoms. The molecule has 1 aromatic heterocycles. The highest BCUT2D eigenvalue weighted by Gasteiger charge is 2.14. The molecule has 0 spiro atoms. The van der Waals surface area contributed by atoms with E-state index in [1.165, 1.54) is 0 Å². The van der Waals surface area contributed by atoms with Crippen LogP contribution in [0, 0.1) is 0 Å². The van der Waals surface area contributed by atoms with Crippen LogP contribution in [-0.4, -0.2) is 11.4 Å². The molecule has 0 unspecified atom stereocenters. The van der Waals surface area contributed by atoms with Crippen molar-refractivity contribution in [2.75, 3.05) is 0 Å². The molecule has 0 aliphatic carbocycles. The predicted octanol–water partition coefficient (Wildman–Crippen LogP) is 5.03. The van der Waals surface area contributed by atoms with E-state index in [4.69, 9.17) is 10.1 Å². The maximum atomic E-state index is 8.64. The summed E-state index contributed by atoms with van der Waals surface area (Å²) in [5, 5.41) is 7.51. The molecule has 0 aliphatic rings. The maximum Gasteiger partial charge on any atom is 0.232 e. The van der Waals surface area contributed by atoms with Crippen LogP contribution >= 0.6 is 0 Å². The van der Waals surface area contributed by atoms with E-state index in [0.29, 0.717) is 11.3 Å². The van der Waals surface area contributed by atoms with E-state index in [1.807, 2.05) is 60.7 Å². The van der Waals surface area contributed by atoms with Crippen LogP contribution in [0.15, 0.2) is 75.3 Å². The van der Waals surface area contributed by atoms with Crippen LogP contribution in [0.5, 0.6) is 0 Å². The van der Waals surface area contributed by atoms with E-state index in [0.717, 1.165) is 11.3 Å². The molecule has 0 amide bonds. The number of azide groups is 1. The highest BCUT2D eigenvalue weighted by Crippen LogP contribution is 2.29. The largest absolute Gasteiger partial charge is 0.353 e. The van der Waals surface area contributed by atoms with E-state index in [-0.39, 0.29) is 5.88 Å². The number of aromatic nitrogens is 1. The Morgan fingerprint density at radius 3 is 2.36 bits per heavy atom. The molecule has 0 saturated carbocycles. The third kappa shape index (κ3) is 2.87. The lowest BCUT2D eigenvalue weighted by atomic mass is 10.1. The van der Waals surface area contributed by atoms with E-state index in [9.17, 15) is 0 Å². The number of para-hydroxylation sites is 1. The molecule has 6 heteroatoms. The highest BCUT2D eigenvalue weighted by atomic mass is 16.5. The second kappa shape index (κ2) is 6.39. The molecule has 1 heterocycles. The molecule has 0 atom stereocenters. The molecule has 2 aromatic carbocycles. The Morgan fingerprint density at radius 2 is 1.68 bits per heavy atom. The summed E-state index contributed by atoms with van der Waals surface area (Å²) in [6.45, 7) is 0. The zero-order valence-electron chi connectivity index (χ0n) is 11.5. The first-order valence-electron chi connectivity index (χ1n) is 6.58. The lowest BCUT2D eigenvalue weighted by Crippen LogP contribution is -1.85. The number of benzene rings is 2. The summed E-state index contributed by atoms with van der Waals surface area (Å²) in [6, 6.07) is 19.0. The molecule has 0 N–H and O–H groups in total. The van der Waals surface area contributed by atoms with Crippen LogP contribution in [-0.2, 0) is 0 Å². The van der Waals surface area contributed by atoms with Gasteiger partial charge in [-0.15, -0.1) is 0 Å². The minimum atomic E-state index is 0.0982. The van der Waals surface area contributed by atoms with Gasteiger partial charge in [-0.2, -0.15) is 0 Å². The third-order valence-electron chi connectivity index (χ3n) is 2.99. The van der Waals surface area contributed by atoms with Gasteiger partial charge in [-0.05, 0) is 22.8 Å². The van der Waals surface area contributed by atoms with Crippen LogP contribution in [0.25, 0.3) is 21.7 Å². The monoisotopic (exact) mass is 289 g/mol. The summed E-state index contributed by atoms with van der Waals surface area (Å²) in [4.78, 5) is 7.13. The van der Waals surface area contributed by atoms with Crippen LogP contribution in [0.3, 0.4) is 0 Å². The Labute approximate surface area is 126 Å². The summed E-state index contributed by atoms with van der Waals surface area (Å²) in [5.41, 5.74) is 11.4. The van der Waals surface area contributed by atoms with Crippen LogP contribution in [0.1, 0.15) is 5.56 Å². The van der Waals surface area contributed by atoms with E-state index in [1.54, 1.807) is 6.21 Å². The van der Waals surface area contributed by atoms with Gasteiger partial charge in [0, 0.05) is 16.7 Å². The fourth-order valence-electron chi connectivity index (χ4n) is 1.97. The SMILES string of the molecule is [N-]=[N+]=Nc1onc(-c2ccccc2)c1C=Nc1ccccc1. The van der Waals surface area contributed by atoms with Crippen molar-refractivity contribution in [1.82, 2.24) is 5.16 Å². The van der Waals surface area contributed by atoms with Gasteiger partial charge in [-0.25, -0.2) is 0 Å². The first kappa shape index (κ1) is 13.6. The quantitative estimate of drug-likeness (QED) is 0.291. The average molecular weight is 289 g/mol. The molecule has 0 radical (unpaired) electrons. The second-order valence-electron chi connectivity index (χ2n) is 4.40. The van der Waals surface area contributed by atoms with E-state index < -0.39 is 0 Å². The Hall–Kier alpha value is -3.37. The number of aliphatic imine (C=N–C) groups is 1. The second-order valence-corrected chi connectivity index (χ2v) is 4.40. The highest BCUT2D eigenvalue weighted by molar-refractivity contribution is 5.94. The Morgan fingerprint density at radius 1 is 1.00 bits per heavy atom. The van der Waals surface area contributed by atoms with Crippen molar-refractivity contribution in [3.8, 4) is 11.3 Å². The van der Waals surface area contributed by atoms with Crippen molar-refractivity contribution in [2.45, 2.75) is 0 Å². The molecule has 0 aliphatic heterocycles. The molecule has 106 valence electrons. The summed E-state index contributed by atoms with van der Waals surface area (Å²) in [5.74, 6) is 0.0982. The van der Waals surface area contributed by atoms with Gasteiger partial charge in [0.15, 0.2) is 0 Å². The van der Waals surface area contributed by atoms with Crippen LogP contribution in [0.4, 0.5) is 11.6 Å². The molecule has 3 aromatic rings. The normalized spacial score (nSPS) is 10.5. The average Bonchev–Trinajstić information content (AvgIpc) is 2.98. The lowest BCUT2D eigenvalue weighted by molar-refractivity contribution is 0.432. The molecule has 6 nitrogen and oxygen atoms in total. The molecular weight excluding hydrogens is 278 g/mol. The number of nitrogens with zero attached hydrogens (tertiary/aromatic N) is 5. The van der Waals surface area contributed by atoms with Crippen LogP contribution in [0.2, 0.25) is 0 Å². The number of hydrogen-bond donors (Lipinski definition) is 0. The van der Waals surface area contributed by atoms with Gasteiger partial charge >= 0.3 is 0 Å². The van der Waals surface area contributed by atoms with Crippen molar-refractivity contribution in [2.24, 2.45) is 10.1 Å². The molecule has 3 rings (SSSR count). The summed E-state index contributed by atoms with van der Waals surface area (Å²) in [7, 11) is 0. The molecule has 0 saturated heterocycles. The standard InChI is InChI=1S/C16H11N5O/c17-21-19-16-14(11-18-13-9-5-2-6-10-13)15(20-22-16)12-7-3-1-4-8-12/h1-11H. The first-order valence-corrected chi connectivity index (χ1v) is 6.58. The number of hydrogen-bond acceptors (Lipinski definition) is 4. The Bertz CT molecular complexity index is 833. The lowest BCUT2D eigenvalue weighted by Gasteiger charge is -1.97. The van der Waals surface area contributed by atoms with Crippen molar-refractivity contribution in [3.05, 3.63) is 76.7 Å². The van der Waals surface area contributed by atoms with Gasteiger partial charge in [-0.3, -0.25) is 4.99 Å². The third-order valence-corrected chi connectivity index (χ3v) is 2.99. The fraction of sp³-hybridized carbons (Fsp3) is 0. The van der Waals surface area contributed by atoms with E-state index in [2.05, 4.69) is 20.2 Å². The van der Waals surface area contributed by atoms with Crippen molar-refractivity contribution < 1.29 is 4.52 Å². The van der Waals surface area contributed by atoms with Gasteiger partial charge < -0.3 is 4.52 Å². The minimum Gasteiger partial charge on any atom is -0.353 e. The van der Waals surface area contributed by atoms with Gasteiger partial charge in [-0.1, -0.05) is 53.7 Å². The predicted molar refractivity (Wildman–Crippen MR) is 84.4 cm³/mol. The summed E-state index contributed by atoms with van der Waals surface area (Å²) in [6.07, 6.45) is 1.60. The van der Waals surface area contributed by atoms with Gasteiger partial charge in [0.25, 0.3) is 0 Å². The zero-order chi connectivity index (χ0) is 15.2. The minimum absolute atomic E-state index is 0.0982. The topological polar surface area (TPSA) is 87.2 Å². The summed E-state index contributed by atoms with van der Waals surface area (Å²) < 4.78 is 5.12. The van der Waals surface area contributed by atoms with Gasteiger partial charge in [0.05, 0.1) is 11.3 Å². The summed E-state index contributed by atoms with van der Waals surface area (Å²) >= 11 is 0. The maximum absolute atomic E-state index is 8.64. The van der Waals surface area contributed by atoms with Crippen molar-refractivity contribution >= 4 is 17.8 Å². The fourth-order valence-corrected chi connectivity index (χ4v) is 1.97. The van der Waals surface area contributed by atoms with Gasteiger partial charge in [0.2, 0.25) is 5.88 Å². The van der Waals surface area contributed by atoms with Crippen molar-refractivity contribution in [1.29, 1.82) is 0 Å². The van der Waals surface area contributed by atoms with Gasteiger partial charge in [0.1, 0.15) is 5.69 Å². The zero-order valence-corrected chi connectivity index (χ0v) is 11.5. The Kier molecular flexibility index (Phi) is 3.95. The molecule has 0 fully saturated rings. The van der Waals surface area contributed by atoms with Crippen LogP contribution < -0.4 is 0 Å². The number of rotatable bonds is 4. The Balaban J connectivity index is 2.06. The van der Waals surface area contributed by atoms with E-state index >= 15 is 0 Å². The smallest absolute Gasteiger partial charge is 0.232 e. The van der Waals surface area contributed by atoms with Crippen molar-refractivity contribution in [3.63, 3.8) is 0 Å². The first-order chi connectivity index (χ1) is 10.9. The molecular formula is C16H11N5O. The molecule has 0 bridgehead atoms.